The van der Waals surface area contributed by atoms with Crippen molar-refractivity contribution in [3.63, 3.8) is 0 Å². The smallest absolute Gasteiger partial charge is 0.175 e. The van der Waals surface area contributed by atoms with E-state index in [0.29, 0.717) is 28.8 Å². The Hall–Kier alpha value is -2.29. The van der Waals surface area contributed by atoms with Gasteiger partial charge in [0.15, 0.2) is 15.7 Å². The number of imidazole rings is 1. The van der Waals surface area contributed by atoms with Crippen LogP contribution in [-0.2, 0) is 9.84 Å². The maximum Gasteiger partial charge on any atom is 0.175 e. The van der Waals surface area contributed by atoms with Crippen LogP contribution in [0.5, 0.6) is 0 Å². The van der Waals surface area contributed by atoms with Crippen molar-refractivity contribution in [2.45, 2.75) is 80.3 Å². The number of nitrogens with one attached hydrogen (secondary N) is 1. The summed E-state index contributed by atoms with van der Waals surface area (Å²) < 4.78 is 38.7. The summed E-state index contributed by atoms with van der Waals surface area (Å²) in [5.74, 6) is 1.59. The molecular weight excluding hydrogens is 499 g/mol. The monoisotopic (exact) mass is 536 g/mol. The van der Waals surface area contributed by atoms with Crippen molar-refractivity contribution in [2.24, 2.45) is 5.92 Å². The van der Waals surface area contributed by atoms with Gasteiger partial charge in [-0.2, -0.15) is 0 Å². The average molecular weight is 537 g/mol. The van der Waals surface area contributed by atoms with Gasteiger partial charge in [0.05, 0.1) is 10.4 Å². The molecule has 2 atom stereocenters. The fourth-order valence-corrected chi connectivity index (χ4v) is 8.00. The van der Waals surface area contributed by atoms with Crippen molar-refractivity contribution in [3.05, 3.63) is 47.8 Å². The largest absolute Gasteiger partial charge is 0.338 e. The summed E-state index contributed by atoms with van der Waals surface area (Å²) >= 11 is 0. The van der Waals surface area contributed by atoms with Crippen LogP contribution in [0.15, 0.2) is 41.3 Å². The predicted octanol–water partition coefficient (Wildman–Crippen LogP) is 5.36. The van der Waals surface area contributed by atoms with E-state index in [2.05, 4.69) is 25.8 Å². The molecule has 3 saturated heterocycles. The average Bonchev–Trinajstić information content (AvgIpc) is 3.57. The Morgan fingerprint density at radius 2 is 1.63 bits per heavy atom. The molecule has 2 bridgehead atoms. The molecule has 3 aliphatic heterocycles. The van der Waals surface area contributed by atoms with Gasteiger partial charge in [0, 0.05) is 36.5 Å². The van der Waals surface area contributed by atoms with E-state index in [0.717, 1.165) is 55.1 Å². The van der Waals surface area contributed by atoms with Gasteiger partial charge < -0.3 is 9.88 Å². The zero-order chi connectivity index (χ0) is 26.0. The first-order chi connectivity index (χ1) is 18.3. The van der Waals surface area contributed by atoms with Gasteiger partial charge in [0.2, 0.25) is 0 Å². The highest BCUT2D eigenvalue weighted by molar-refractivity contribution is 7.90. The molecule has 0 amide bonds. The maximum atomic E-state index is 15.2. The molecule has 8 heteroatoms. The predicted molar refractivity (Wildman–Crippen MR) is 147 cm³/mol. The summed E-state index contributed by atoms with van der Waals surface area (Å²) in [4.78, 5) is 13.6. The molecule has 1 aliphatic carbocycles. The molecule has 4 heterocycles. The SMILES string of the molecule is CS(=O)(=O)c1ccc(-c2nc3c(F)cc(C4CCN(C5CC6CCC(C5)N6CC5CC5)CC4)cc3[nH]2)cc1. The number of sulfone groups is 1. The number of piperidine rings is 2. The molecule has 0 radical (unpaired) electrons. The van der Waals surface area contributed by atoms with Gasteiger partial charge >= 0.3 is 0 Å². The van der Waals surface area contributed by atoms with Crippen molar-refractivity contribution in [1.29, 1.82) is 0 Å². The van der Waals surface area contributed by atoms with Gasteiger partial charge in [0.1, 0.15) is 11.3 Å². The number of hydrogen-bond acceptors (Lipinski definition) is 5. The number of fused-ring (bicyclic) bond motifs is 3. The van der Waals surface area contributed by atoms with Crippen LogP contribution in [-0.4, -0.2) is 72.2 Å². The third-order valence-corrected chi connectivity index (χ3v) is 10.8. The number of aromatic nitrogens is 2. The van der Waals surface area contributed by atoms with E-state index >= 15 is 4.39 Å². The van der Waals surface area contributed by atoms with Gasteiger partial charge in [-0.25, -0.2) is 17.8 Å². The van der Waals surface area contributed by atoms with Crippen LogP contribution in [0.3, 0.4) is 0 Å². The quantitative estimate of drug-likeness (QED) is 0.460. The van der Waals surface area contributed by atoms with E-state index in [1.165, 1.54) is 51.3 Å². The molecule has 6 nitrogen and oxygen atoms in total. The number of benzene rings is 2. The fraction of sp³-hybridized carbons (Fsp3) is 0.567. The standard InChI is InChI=1S/C30H37FN4O2S/c1-38(36,37)26-8-4-21(5-9-26)30-32-28-15-22(14-27(31)29(28)33-30)20-10-12-34(13-11-20)25-16-23-6-7-24(17-25)35(23)18-19-2-3-19/h4-5,8-9,14-15,19-20,23-25H,2-3,6-7,10-13,16-18H2,1H3,(H,32,33). The fourth-order valence-electron chi connectivity index (χ4n) is 7.37. The summed E-state index contributed by atoms with van der Waals surface area (Å²) in [6.45, 7) is 3.54. The van der Waals surface area contributed by atoms with Crippen LogP contribution in [0.25, 0.3) is 22.4 Å². The lowest BCUT2D eigenvalue weighted by atomic mass is 9.86. The van der Waals surface area contributed by atoms with Crippen molar-refractivity contribution in [2.75, 3.05) is 25.9 Å². The van der Waals surface area contributed by atoms with Crippen LogP contribution in [0.1, 0.15) is 62.8 Å². The Kier molecular flexibility index (Phi) is 6.13. The summed E-state index contributed by atoms with van der Waals surface area (Å²) in [6, 6.07) is 12.6. The first-order valence-corrected chi connectivity index (χ1v) is 16.2. The number of H-pyrrole nitrogens is 1. The Morgan fingerprint density at radius 3 is 2.26 bits per heavy atom. The van der Waals surface area contributed by atoms with E-state index < -0.39 is 9.84 Å². The molecular formula is C30H37FN4O2S. The van der Waals surface area contributed by atoms with E-state index in [-0.39, 0.29) is 10.7 Å². The highest BCUT2D eigenvalue weighted by Gasteiger charge is 2.44. The Bertz CT molecular complexity index is 1430. The number of halogens is 1. The molecule has 0 spiro atoms. The van der Waals surface area contributed by atoms with Crippen molar-refractivity contribution >= 4 is 20.9 Å². The van der Waals surface area contributed by atoms with Gasteiger partial charge in [-0.1, -0.05) is 0 Å². The van der Waals surface area contributed by atoms with Crippen molar-refractivity contribution in [3.8, 4) is 11.4 Å². The number of nitrogens with zero attached hydrogens (tertiary/aromatic N) is 3. The van der Waals surface area contributed by atoms with Crippen LogP contribution >= 0.6 is 0 Å². The van der Waals surface area contributed by atoms with Crippen LogP contribution in [0.4, 0.5) is 4.39 Å². The molecule has 4 aliphatic rings. The molecule has 202 valence electrons. The van der Waals surface area contributed by atoms with E-state index in [9.17, 15) is 8.42 Å². The van der Waals surface area contributed by atoms with Gasteiger partial charge in [-0.3, -0.25) is 4.90 Å². The van der Waals surface area contributed by atoms with Gasteiger partial charge in [0.25, 0.3) is 0 Å². The third kappa shape index (κ3) is 4.69. The summed E-state index contributed by atoms with van der Waals surface area (Å²) in [5.41, 5.74) is 2.82. The molecule has 2 unspecified atom stereocenters. The lowest BCUT2D eigenvalue weighted by Crippen LogP contribution is -2.52. The topological polar surface area (TPSA) is 69.3 Å². The molecule has 4 fully saturated rings. The molecule has 7 rings (SSSR count). The molecule has 38 heavy (non-hydrogen) atoms. The molecule has 2 aromatic carbocycles. The summed E-state index contributed by atoms with van der Waals surface area (Å²) in [5, 5.41) is 0. The molecule has 1 N–H and O–H groups in total. The zero-order valence-corrected chi connectivity index (χ0v) is 22.9. The first kappa shape index (κ1) is 24.7. The van der Waals surface area contributed by atoms with Gasteiger partial charge in [-0.05, 0) is 118 Å². The van der Waals surface area contributed by atoms with E-state index in [1.54, 1.807) is 30.3 Å². The lowest BCUT2D eigenvalue weighted by molar-refractivity contribution is 0.0438. The van der Waals surface area contributed by atoms with Crippen molar-refractivity contribution in [1.82, 2.24) is 19.8 Å². The highest BCUT2D eigenvalue weighted by Crippen LogP contribution is 2.42. The van der Waals surface area contributed by atoms with Crippen LogP contribution in [0.2, 0.25) is 0 Å². The summed E-state index contributed by atoms with van der Waals surface area (Å²) in [6.07, 6.45) is 11.6. The normalized spacial score (nSPS) is 27.4. The van der Waals surface area contributed by atoms with Crippen LogP contribution in [0, 0.1) is 11.7 Å². The second-order valence-electron chi connectivity index (χ2n) is 12.2. The maximum absolute atomic E-state index is 15.2. The first-order valence-electron chi connectivity index (χ1n) is 14.3. The summed E-state index contributed by atoms with van der Waals surface area (Å²) in [7, 11) is -3.27. The van der Waals surface area contributed by atoms with E-state index in [4.69, 9.17) is 0 Å². The number of aromatic amines is 1. The number of rotatable bonds is 6. The minimum atomic E-state index is -3.27. The highest BCUT2D eigenvalue weighted by atomic mass is 32.2. The van der Waals surface area contributed by atoms with E-state index in [1.807, 2.05) is 0 Å². The second-order valence-corrected chi connectivity index (χ2v) is 14.3. The second kappa shape index (κ2) is 9.42. The molecule has 3 aromatic rings. The minimum absolute atomic E-state index is 0.258. The zero-order valence-electron chi connectivity index (χ0n) is 22.1. The Balaban J connectivity index is 1.03. The van der Waals surface area contributed by atoms with Crippen molar-refractivity contribution < 1.29 is 12.8 Å². The lowest BCUT2D eigenvalue weighted by Gasteiger charge is -2.45. The Morgan fingerprint density at radius 1 is 0.947 bits per heavy atom. The molecule has 1 aromatic heterocycles. The van der Waals surface area contributed by atoms with Crippen LogP contribution < -0.4 is 0 Å². The Labute approximate surface area is 224 Å². The minimum Gasteiger partial charge on any atom is -0.338 e. The number of hydrogen-bond donors (Lipinski definition) is 1. The number of likely N-dealkylation sites (tertiary alicyclic amines) is 1. The third-order valence-electron chi connectivity index (χ3n) is 9.66. The van der Waals surface area contributed by atoms with Gasteiger partial charge in [-0.15, -0.1) is 0 Å². The molecule has 1 saturated carbocycles.